The molecule has 4 heterocycles. The van der Waals surface area contributed by atoms with Gasteiger partial charge in [-0.15, -0.1) is 0 Å². The Balaban J connectivity index is 1.01. The SMILES string of the molecule is COC(=O)c1ccc2nc(CN3CC=C(c4cccc(OCc5ccc(C(=O)C6CC6)cc5F)n4)CC3)n(CC3CCO3)c2c1. The van der Waals surface area contributed by atoms with Gasteiger partial charge >= 0.3 is 5.97 Å². The molecule has 4 aromatic rings. The van der Waals surface area contributed by atoms with Crippen LogP contribution >= 0.6 is 0 Å². The number of methoxy groups -OCH3 is 1. The van der Waals surface area contributed by atoms with Crippen LogP contribution in [0.5, 0.6) is 5.88 Å². The second-order valence-corrected chi connectivity index (χ2v) is 11.9. The molecule has 0 bridgehead atoms. The minimum atomic E-state index is -0.439. The van der Waals surface area contributed by atoms with Gasteiger partial charge in [0.2, 0.25) is 5.88 Å². The maximum atomic E-state index is 14.7. The lowest BCUT2D eigenvalue weighted by Gasteiger charge is -2.29. The number of hydrogen-bond donors (Lipinski definition) is 0. The standard InChI is InChI=1S/C35H35FN4O5/c1-43-35(42)25-9-10-30-31(18-25)40(19-27-13-16-44-27)32(37-30)20-39-14-11-22(12-15-39)29-3-2-4-33(38-29)45-21-26-8-7-24(17-28(26)36)34(41)23-5-6-23/h2-4,7-11,17-18,23,27H,5-6,12-16,19-21H2,1H3. The molecule has 3 aliphatic rings. The number of esters is 1. The number of carbonyl (C=O) groups excluding carboxylic acids is 2. The quantitative estimate of drug-likeness (QED) is 0.160. The molecule has 1 saturated heterocycles. The maximum absolute atomic E-state index is 14.7. The number of imidazole rings is 1. The molecule has 0 amide bonds. The van der Waals surface area contributed by atoms with Crippen molar-refractivity contribution in [3.63, 3.8) is 0 Å². The van der Waals surface area contributed by atoms with Crippen LogP contribution in [-0.2, 0) is 29.2 Å². The van der Waals surface area contributed by atoms with Gasteiger partial charge in [-0.3, -0.25) is 9.69 Å². The van der Waals surface area contributed by atoms with Gasteiger partial charge in [0, 0.05) is 42.8 Å². The molecule has 0 N–H and O–H groups in total. The maximum Gasteiger partial charge on any atom is 0.337 e. The van der Waals surface area contributed by atoms with Crippen LogP contribution in [0, 0.1) is 11.7 Å². The number of rotatable bonds is 11. The molecule has 1 unspecified atom stereocenters. The third-order valence-electron chi connectivity index (χ3n) is 8.80. The minimum absolute atomic E-state index is 0.0196. The summed E-state index contributed by atoms with van der Waals surface area (Å²) in [6, 6.07) is 15.7. The lowest BCUT2D eigenvalue weighted by Crippen LogP contribution is -2.33. The Bertz CT molecular complexity index is 1790. The van der Waals surface area contributed by atoms with Crippen molar-refractivity contribution in [2.75, 3.05) is 26.8 Å². The fourth-order valence-electron chi connectivity index (χ4n) is 5.89. The average molecular weight is 611 g/mol. The van der Waals surface area contributed by atoms with E-state index in [4.69, 9.17) is 24.2 Å². The minimum Gasteiger partial charge on any atom is -0.473 e. The van der Waals surface area contributed by atoms with Crippen molar-refractivity contribution in [3.8, 4) is 5.88 Å². The number of hydrogen-bond acceptors (Lipinski definition) is 8. The van der Waals surface area contributed by atoms with Crippen molar-refractivity contribution >= 4 is 28.4 Å². The first kappa shape index (κ1) is 29.3. The number of carbonyl (C=O) groups is 2. The van der Waals surface area contributed by atoms with Crippen LogP contribution in [-0.4, -0.2) is 64.1 Å². The number of ether oxygens (including phenoxy) is 3. The van der Waals surface area contributed by atoms with Crippen molar-refractivity contribution in [2.45, 2.75) is 51.5 Å². The normalized spacial score (nSPS) is 18.4. The Kier molecular flexibility index (Phi) is 8.16. The molecule has 232 valence electrons. The van der Waals surface area contributed by atoms with Crippen molar-refractivity contribution in [1.29, 1.82) is 0 Å². The monoisotopic (exact) mass is 610 g/mol. The second-order valence-electron chi connectivity index (χ2n) is 11.9. The number of halogens is 1. The summed E-state index contributed by atoms with van der Waals surface area (Å²) in [5.41, 5.74) is 5.02. The van der Waals surface area contributed by atoms with Crippen LogP contribution in [0.15, 0.2) is 60.7 Å². The van der Waals surface area contributed by atoms with Crippen molar-refractivity contribution in [2.24, 2.45) is 5.92 Å². The van der Waals surface area contributed by atoms with Crippen molar-refractivity contribution in [1.82, 2.24) is 19.4 Å². The summed E-state index contributed by atoms with van der Waals surface area (Å²) in [5, 5.41) is 0. The largest absolute Gasteiger partial charge is 0.473 e. The summed E-state index contributed by atoms with van der Waals surface area (Å²) in [5.74, 6) is 0.622. The summed E-state index contributed by atoms with van der Waals surface area (Å²) in [4.78, 5) is 36.4. The zero-order valence-electron chi connectivity index (χ0n) is 25.2. The zero-order valence-corrected chi connectivity index (χ0v) is 25.2. The molecule has 7 rings (SSSR count). The molecule has 2 fully saturated rings. The van der Waals surface area contributed by atoms with E-state index in [1.54, 1.807) is 24.3 Å². The first-order valence-electron chi connectivity index (χ1n) is 15.5. The highest BCUT2D eigenvalue weighted by Gasteiger charge is 2.30. The van der Waals surface area contributed by atoms with Crippen LogP contribution in [0.1, 0.15) is 63.5 Å². The second kappa shape index (κ2) is 12.5. The molecule has 2 aromatic carbocycles. The van der Waals surface area contributed by atoms with Crippen LogP contribution in [0.2, 0.25) is 0 Å². The molecule has 0 spiro atoms. The Hall–Kier alpha value is -4.41. The molecule has 1 saturated carbocycles. The van der Waals surface area contributed by atoms with Crippen LogP contribution in [0.4, 0.5) is 4.39 Å². The van der Waals surface area contributed by atoms with Gasteiger partial charge in [-0.05, 0) is 61.6 Å². The van der Waals surface area contributed by atoms with Crippen LogP contribution in [0.25, 0.3) is 16.6 Å². The topological polar surface area (TPSA) is 95.8 Å². The van der Waals surface area contributed by atoms with Gasteiger partial charge in [0.25, 0.3) is 0 Å². The van der Waals surface area contributed by atoms with Gasteiger partial charge in [-0.2, -0.15) is 0 Å². The predicted octanol–water partition coefficient (Wildman–Crippen LogP) is 5.61. The molecule has 2 aliphatic heterocycles. The van der Waals surface area contributed by atoms with Crippen molar-refractivity contribution in [3.05, 3.63) is 94.7 Å². The molecule has 0 radical (unpaired) electrons. The van der Waals surface area contributed by atoms with E-state index in [1.807, 2.05) is 24.3 Å². The molecule has 1 atom stereocenters. The Labute approximate surface area is 260 Å². The van der Waals surface area contributed by atoms with E-state index < -0.39 is 5.82 Å². The van der Waals surface area contributed by atoms with E-state index in [1.165, 1.54) is 13.2 Å². The number of ketones is 1. The van der Waals surface area contributed by atoms with E-state index >= 15 is 0 Å². The molecule has 45 heavy (non-hydrogen) atoms. The summed E-state index contributed by atoms with van der Waals surface area (Å²) in [6.07, 6.45) is 5.91. The molecule has 10 heteroatoms. The third-order valence-corrected chi connectivity index (χ3v) is 8.80. The lowest BCUT2D eigenvalue weighted by atomic mass is 10.0. The van der Waals surface area contributed by atoms with Gasteiger partial charge in [-0.25, -0.2) is 19.2 Å². The van der Waals surface area contributed by atoms with Gasteiger partial charge in [0.05, 0.1) is 48.6 Å². The molecule has 1 aliphatic carbocycles. The average Bonchev–Trinajstić information content (AvgIpc) is 3.84. The van der Waals surface area contributed by atoms with Gasteiger partial charge in [-0.1, -0.05) is 24.3 Å². The van der Waals surface area contributed by atoms with Gasteiger partial charge in [0.15, 0.2) is 5.78 Å². The van der Waals surface area contributed by atoms with Crippen LogP contribution in [0.3, 0.4) is 0 Å². The Morgan fingerprint density at radius 1 is 1.04 bits per heavy atom. The van der Waals surface area contributed by atoms with Gasteiger partial charge in [0.1, 0.15) is 18.2 Å². The summed E-state index contributed by atoms with van der Waals surface area (Å²) < 4.78 is 33.4. The first-order valence-corrected chi connectivity index (χ1v) is 15.5. The van der Waals surface area contributed by atoms with Gasteiger partial charge < -0.3 is 18.8 Å². The fourth-order valence-corrected chi connectivity index (χ4v) is 5.89. The molecular formula is C35H35FN4O5. The number of benzene rings is 2. The highest BCUT2D eigenvalue weighted by Crippen LogP contribution is 2.33. The third kappa shape index (κ3) is 6.39. The van der Waals surface area contributed by atoms with E-state index in [0.717, 1.165) is 73.5 Å². The van der Waals surface area contributed by atoms with Crippen molar-refractivity contribution < 1.29 is 28.2 Å². The molecule has 9 nitrogen and oxygen atoms in total. The highest BCUT2D eigenvalue weighted by molar-refractivity contribution is 5.99. The highest BCUT2D eigenvalue weighted by atomic mass is 19.1. The number of fused-ring (bicyclic) bond motifs is 1. The van der Waals surface area contributed by atoms with E-state index in [2.05, 4.69) is 15.5 Å². The number of nitrogens with zero attached hydrogens (tertiary/aromatic N) is 4. The lowest BCUT2D eigenvalue weighted by molar-refractivity contribution is -0.0591. The first-order chi connectivity index (χ1) is 21.9. The summed E-state index contributed by atoms with van der Waals surface area (Å²) in [6.45, 7) is 3.70. The fraction of sp³-hybridized carbons (Fsp3) is 0.371. The molecular weight excluding hydrogens is 575 g/mol. The van der Waals surface area contributed by atoms with E-state index in [0.29, 0.717) is 35.7 Å². The zero-order chi connectivity index (χ0) is 30.9. The van der Waals surface area contributed by atoms with E-state index in [9.17, 15) is 14.0 Å². The Morgan fingerprint density at radius 3 is 2.60 bits per heavy atom. The summed E-state index contributed by atoms with van der Waals surface area (Å²) >= 11 is 0. The number of Topliss-reactive ketones (excluding diaryl/α,β-unsaturated/α-hetero) is 1. The van der Waals surface area contributed by atoms with E-state index in [-0.39, 0.29) is 30.4 Å². The Morgan fingerprint density at radius 2 is 1.89 bits per heavy atom. The molecule has 2 aromatic heterocycles. The predicted molar refractivity (Wildman–Crippen MR) is 165 cm³/mol. The smallest absolute Gasteiger partial charge is 0.337 e. The number of aromatic nitrogens is 3. The van der Waals surface area contributed by atoms with Crippen LogP contribution < -0.4 is 4.74 Å². The number of pyridine rings is 1. The summed E-state index contributed by atoms with van der Waals surface area (Å²) in [7, 11) is 1.38.